The molecule has 0 radical (unpaired) electrons. The van der Waals surface area contributed by atoms with Gasteiger partial charge in [-0.2, -0.15) is 0 Å². The third-order valence-electron chi connectivity index (χ3n) is 4.50. The molecule has 2 aromatic rings. The Kier molecular flexibility index (Phi) is 7.59. The molecule has 0 saturated carbocycles. The van der Waals surface area contributed by atoms with Gasteiger partial charge in [0.25, 0.3) is 11.8 Å². The van der Waals surface area contributed by atoms with Crippen molar-refractivity contribution in [3.63, 3.8) is 0 Å². The van der Waals surface area contributed by atoms with Gasteiger partial charge in [0.2, 0.25) is 0 Å². The van der Waals surface area contributed by atoms with Crippen molar-refractivity contribution in [3.05, 3.63) is 65.2 Å². The smallest absolute Gasteiger partial charge is 0.255 e. The molecule has 2 aromatic carbocycles. The normalized spacial score (nSPS) is 10.7. The van der Waals surface area contributed by atoms with Gasteiger partial charge in [-0.05, 0) is 54.7 Å². The molecule has 2 rings (SSSR count). The Morgan fingerprint density at radius 3 is 2.00 bits per heavy atom. The van der Waals surface area contributed by atoms with Crippen LogP contribution in [0.15, 0.2) is 48.5 Å². The fourth-order valence-electron chi connectivity index (χ4n) is 3.11. The van der Waals surface area contributed by atoms with Crippen LogP contribution in [0.2, 0.25) is 0 Å². The van der Waals surface area contributed by atoms with Crippen LogP contribution in [0, 0.1) is 0 Å². The number of carbonyl (C=O) groups is 2. The standard InChI is InChI=1S/C23H30N2O2/c1-5-15-25(16-6-2)23(27)19-13-11-18(12-14-19)22(26)24-21-10-8-7-9-20(21)17(3)4/h7-14,17H,5-6,15-16H2,1-4H3,(H,24,26). The van der Waals surface area contributed by atoms with Crippen molar-refractivity contribution in [3.8, 4) is 0 Å². The summed E-state index contributed by atoms with van der Waals surface area (Å²) in [5.74, 6) is 0.182. The average Bonchev–Trinajstić information content (AvgIpc) is 2.67. The molecule has 0 fully saturated rings. The monoisotopic (exact) mass is 366 g/mol. The summed E-state index contributed by atoms with van der Waals surface area (Å²) in [6.45, 7) is 9.84. The van der Waals surface area contributed by atoms with Gasteiger partial charge < -0.3 is 10.2 Å². The maximum Gasteiger partial charge on any atom is 0.255 e. The number of hydrogen-bond acceptors (Lipinski definition) is 2. The zero-order valence-electron chi connectivity index (χ0n) is 16.8. The first-order valence-corrected chi connectivity index (χ1v) is 9.77. The lowest BCUT2D eigenvalue weighted by molar-refractivity contribution is 0.0755. The van der Waals surface area contributed by atoms with E-state index in [1.807, 2.05) is 29.2 Å². The van der Waals surface area contributed by atoms with E-state index in [0.29, 0.717) is 17.0 Å². The molecule has 0 spiro atoms. The zero-order valence-corrected chi connectivity index (χ0v) is 16.8. The highest BCUT2D eigenvalue weighted by atomic mass is 16.2. The fraction of sp³-hybridized carbons (Fsp3) is 0.391. The van der Waals surface area contributed by atoms with E-state index in [0.717, 1.165) is 37.2 Å². The predicted molar refractivity (Wildman–Crippen MR) is 111 cm³/mol. The van der Waals surface area contributed by atoms with Gasteiger partial charge in [-0.3, -0.25) is 9.59 Å². The summed E-state index contributed by atoms with van der Waals surface area (Å²) in [5, 5.41) is 2.99. The highest BCUT2D eigenvalue weighted by Gasteiger charge is 2.15. The largest absolute Gasteiger partial charge is 0.339 e. The molecule has 0 aliphatic heterocycles. The first-order valence-electron chi connectivity index (χ1n) is 9.77. The highest BCUT2D eigenvalue weighted by molar-refractivity contribution is 6.05. The second-order valence-electron chi connectivity index (χ2n) is 7.07. The molecule has 0 heterocycles. The number of benzene rings is 2. The second-order valence-corrected chi connectivity index (χ2v) is 7.07. The first-order chi connectivity index (χ1) is 13.0. The van der Waals surface area contributed by atoms with E-state index in [1.165, 1.54) is 0 Å². The Morgan fingerprint density at radius 1 is 0.889 bits per heavy atom. The number of nitrogens with zero attached hydrogens (tertiary/aromatic N) is 1. The van der Waals surface area contributed by atoms with E-state index in [9.17, 15) is 9.59 Å². The van der Waals surface area contributed by atoms with Crippen molar-refractivity contribution in [2.24, 2.45) is 0 Å². The van der Waals surface area contributed by atoms with Crippen molar-refractivity contribution >= 4 is 17.5 Å². The molecular weight excluding hydrogens is 336 g/mol. The van der Waals surface area contributed by atoms with Gasteiger partial charge in [-0.1, -0.05) is 45.9 Å². The molecule has 0 atom stereocenters. The van der Waals surface area contributed by atoms with E-state index in [1.54, 1.807) is 24.3 Å². The van der Waals surface area contributed by atoms with Crippen molar-refractivity contribution in [1.82, 2.24) is 4.90 Å². The minimum atomic E-state index is -0.166. The summed E-state index contributed by atoms with van der Waals surface area (Å²) in [7, 11) is 0. The lowest BCUT2D eigenvalue weighted by Crippen LogP contribution is -2.32. The van der Waals surface area contributed by atoms with E-state index >= 15 is 0 Å². The number of amides is 2. The van der Waals surface area contributed by atoms with Gasteiger partial charge in [0.15, 0.2) is 0 Å². The molecule has 144 valence electrons. The fourth-order valence-corrected chi connectivity index (χ4v) is 3.11. The molecule has 0 unspecified atom stereocenters. The molecule has 0 aliphatic rings. The molecule has 2 amide bonds. The Labute approximate surface area is 162 Å². The lowest BCUT2D eigenvalue weighted by Gasteiger charge is -2.21. The van der Waals surface area contributed by atoms with E-state index in [2.05, 4.69) is 33.0 Å². The minimum absolute atomic E-state index is 0.0239. The number of para-hydroxylation sites is 1. The number of nitrogens with one attached hydrogen (secondary N) is 1. The average molecular weight is 367 g/mol. The van der Waals surface area contributed by atoms with Crippen LogP contribution >= 0.6 is 0 Å². The summed E-state index contributed by atoms with van der Waals surface area (Å²) in [4.78, 5) is 27.1. The summed E-state index contributed by atoms with van der Waals surface area (Å²) in [6.07, 6.45) is 1.86. The number of hydrogen-bond donors (Lipinski definition) is 1. The topological polar surface area (TPSA) is 49.4 Å². The number of rotatable bonds is 8. The van der Waals surface area contributed by atoms with Crippen molar-refractivity contribution < 1.29 is 9.59 Å². The van der Waals surface area contributed by atoms with Gasteiger partial charge in [-0.15, -0.1) is 0 Å². The van der Waals surface area contributed by atoms with E-state index in [4.69, 9.17) is 0 Å². The quantitative estimate of drug-likeness (QED) is 0.687. The third kappa shape index (κ3) is 5.43. The van der Waals surface area contributed by atoms with Crippen LogP contribution in [0.4, 0.5) is 5.69 Å². The lowest BCUT2D eigenvalue weighted by atomic mass is 10.0. The third-order valence-corrected chi connectivity index (χ3v) is 4.50. The van der Waals surface area contributed by atoms with Gasteiger partial charge in [0.1, 0.15) is 0 Å². The van der Waals surface area contributed by atoms with Crippen LogP contribution in [0.25, 0.3) is 0 Å². The van der Waals surface area contributed by atoms with Crippen LogP contribution in [-0.2, 0) is 0 Å². The Bertz CT molecular complexity index is 760. The summed E-state index contributed by atoms with van der Waals surface area (Å²) in [6, 6.07) is 14.8. The Morgan fingerprint density at radius 2 is 1.44 bits per heavy atom. The highest BCUT2D eigenvalue weighted by Crippen LogP contribution is 2.24. The summed E-state index contributed by atoms with van der Waals surface area (Å²) >= 11 is 0. The summed E-state index contributed by atoms with van der Waals surface area (Å²) in [5.41, 5.74) is 3.10. The molecule has 0 saturated heterocycles. The molecule has 27 heavy (non-hydrogen) atoms. The maximum absolute atomic E-state index is 12.6. The van der Waals surface area contributed by atoms with E-state index in [-0.39, 0.29) is 11.8 Å². The molecule has 4 nitrogen and oxygen atoms in total. The van der Waals surface area contributed by atoms with Crippen LogP contribution in [0.5, 0.6) is 0 Å². The van der Waals surface area contributed by atoms with Crippen molar-refractivity contribution in [2.45, 2.75) is 46.5 Å². The number of carbonyl (C=O) groups excluding carboxylic acids is 2. The maximum atomic E-state index is 12.6. The first kappa shape index (κ1) is 20.7. The van der Waals surface area contributed by atoms with E-state index < -0.39 is 0 Å². The molecule has 1 N–H and O–H groups in total. The van der Waals surface area contributed by atoms with Crippen LogP contribution < -0.4 is 5.32 Å². The van der Waals surface area contributed by atoms with Gasteiger partial charge >= 0.3 is 0 Å². The van der Waals surface area contributed by atoms with Gasteiger partial charge in [-0.25, -0.2) is 0 Å². The molecule has 0 bridgehead atoms. The van der Waals surface area contributed by atoms with Crippen LogP contribution in [-0.4, -0.2) is 29.8 Å². The molecule has 4 heteroatoms. The second kappa shape index (κ2) is 9.91. The summed E-state index contributed by atoms with van der Waals surface area (Å²) < 4.78 is 0. The van der Waals surface area contributed by atoms with Crippen LogP contribution in [0.3, 0.4) is 0 Å². The zero-order chi connectivity index (χ0) is 19.8. The molecule has 0 aliphatic carbocycles. The Hall–Kier alpha value is -2.62. The van der Waals surface area contributed by atoms with Gasteiger partial charge in [0, 0.05) is 29.9 Å². The van der Waals surface area contributed by atoms with Gasteiger partial charge in [0.05, 0.1) is 0 Å². The Balaban J connectivity index is 2.13. The molecule has 0 aromatic heterocycles. The SMILES string of the molecule is CCCN(CCC)C(=O)c1ccc(C(=O)Nc2ccccc2C(C)C)cc1. The minimum Gasteiger partial charge on any atom is -0.339 e. The predicted octanol–water partition coefficient (Wildman–Crippen LogP) is 5.32. The van der Waals surface area contributed by atoms with Crippen molar-refractivity contribution in [1.29, 1.82) is 0 Å². The molecular formula is C23H30N2O2. The number of anilines is 1. The van der Waals surface area contributed by atoms with Crippen LogP contribution in [0.1, 0.15) is 72.7 Å². The van der Waals surface area contributed by atoms with Crippen molar-refractivity contribution in [2.75, 3.05) is 18.4 Å².